The Bertz CT molecular complexity index is 1260. The molecule has 156 valence electrons. The Hall–Kier alpha value is -2.81. The summed E-state index contributed by atoms with van der Waals surface area (Å²) in [5.41, 5.74) is 4.65. The molecule has 0 radical (unpaired) electrons. The Balaban J connectivity index is 1.34. The number of benzene rings is 1. The van der Waals surface area contributed by atoms with E-state index in [2.05, 4.69) is 21.7 Å². The summed E-state index contributed by atoms with van der Waals surface area (Å²) in [7, 11) is 0. The summed E-state index contributed by atoms with van der Waals surface area (Å²) in [6, 6.07) is 9.55. The highest BCUT2D eigenvalue weighted by Gasteiger charge is 2.24. The van der Waals surface area contributed by atoms with Gasteiger partial charge in [0.25, 0.3) is 11.8 Å². The summed E-state index contributed by atoms with van der Waals surface area (Å²) < 4.78 is 0. The van der Waals surface area contributed by atoms with Crippen LogP contribution in [0, 0.1) is 6.92 Å². The zero-order valence-corrected chi connectivity index (χ0v) is 19.2. The van der Waals surface area contributed by atoms with Gasteiger partial charge >= 0.3 is 0 Å². The number of aromatic nitrogens is 1. The molecule has 0 spiro atoms. The molecule has 3 aromatic heterocycles. The van der Waals surface area contributed by atoms with Gasteiger partial charge in [-0.25, -0.2) is 4.98 Å². The molecule has 0 atom stereocenters. The van der Waals surface area contributed by atoms with Gasteiger partial charge in [0.15, 0.2) is 0 Å². The number of rotatable bonds is 4. The van der Waals surface area contributed by atoms with Crippen LogP contribution in [-0.4, -0.2) is 28.2 Å². The molecule has 2 amide bonds. The number of hydrogen-bond donors (Lipinski definition) is 1. The third-order valence-corrected chi connectivity index (χ3v) is 8.01. The summed E-state index contributed by atoms with van der Waals surface area (Å²) in [5, 5.41) is 11.6. The highest BCUT2D eigenvalue weighted by Crippen LogP contribution is 2.28. The van der Waals surface area contributed by atoms with E-state index in [9.17, 15) is 9.59 Å². The molecule has 1 aliphatic rings. The van der Waals surface area contributed by atoms with Crippen LogP contribution in [0.1, 0.15) is 36.9 Å². The molecular formula is C23H19N3O2S3. The maximum absolute atomic E-state index is 13.2. The number of amides is 2. The van der Waals surface area contributed by atoms with Crippen molar-refractivity contribution in [2.45, 2.75) is 19.9 Å². The zero-order valence-electron chi connectivity index (χ0n) is 16.8. The van der Waals surface area contributed by atoms with Gasteiger partial charge in [-0.2, -0.15) is 11.3 Å². The van der Waals surface area contributed by atoms with Crippen molar-refractivity contribution in [3.05, 3.63) is 79.1 Å². The zero-order chi connectivity index (χ0) is 21.4. The van der Waals surface area contributed by atoms with E-state index in [-0.39, 0.29) is 11.8 Å². The number of hydrogen-bond acceptors (Lipinski definition) is 6. The topological polar surface area (TPSA) is 62.3 Å². The lowest BCUT2D eigenvalue weighted by atomic mass is 10.0. The smallest absolute Gasteiger partial charge is 0.275 e. The molecule has 0 bridgehead atoms. The fourth-order valence-corrected chi connectivity index (χ4v) is 6.08. The van der Waals surface area contributed by atoms with E-state index >= 15 is 0 Å². The molecule has 0 fully saturated rings. The highest BCUT2D eigenvalue weighted by atomic mass is 32.1. The number of carbonyl (C=O) groups is 2. The monoisotopic (exact) mass is 465 g/mol. The number of nitrogens with zero attached hydrogens (tertiary/aromatic N) is 2. The van der Waals surface area contributed by atoms with Crippen LogP contribution in [0.5, 0.6) is 0 Å². The first kappa shape index (κ1) is 20.1. The minimum Gasteiger partial charge on any atom is -0.334 e. The van der Waals surface area contributed by atoms with E-state index in [0.29, 0.717) is 30.0 Å². The van der Waals surface area contributed by atoms with Crippen molar-refractivity contribution in [2.75, 3.05) is 11.9 Å². The molecule has 0 saturated heterocycles. The Kier molecular flexibility index (Phi) is 5.43. The molecule has 0 unspecified atom stereocenters. The van der Waals surface area contributed by atoms with E-state index < -0.39 is 0 Å². The maximum atomic E-state index is 13.2. The van der Waals surface area contributed by atoms with E-state index in [1.54, 1.807) is 28.1 Å². The highest BCUT2D eigenvalue weighted by molar-refractivity contribution is 7.14. The van der Waals surface area contributed by atoms with Crippen LogP contribution >= 0.6 is 34.0 Å². The van der Waals surface area contributed by atoms with E-state index in [0.717, 1.165) is 22.6 Å². The minimum absolute atomic E-state index is 0.00106. The van der Waals surface area contributed by atoms with Gasteiger partial charge in [-0.3, -0.25) is 9.59 Å². The van der Waals surface area contributed by atoms with Gasteiger partial charge < -0.3 is 10.2 Å². The van der Waals surface area contributed by atoms with Gasteiger partial charge in [-0.15, -0.1) is 22.7 Å². The van der Waals surface area contributed by atoms with Gasteiger partial charge in [0, 0.05) is 45.5 Å². The van der Waals surface area contributed by atoms with Crippen molar-refractivity contribution in [1.82, 2.24) is 9.88 Å². The predicted octanol–water partition coefficient (Wildman–Crippen LogP) is 5.69. The second kappa shape index (κ2) is 8.37. The molecule has 0 aliphatic carbocycles. The molecule has 5 nitrogen and oxygen atoms in total. The van der Waals surface area contributed by atoms with Crippen LogP contribution in [0.3, 0.4) is 0 Å². The van der Waals surface area contributed by atoms with Crippen LogP contribution in [0.2, 0.25) is 0 Å². The lowest BCUT2D eigenvalue weighted by Gasteiger charge is -2.28. The summed E-state index contributed by atoms with van der Waals surface area (Å²) in [4.78, 5) is 33.7. The van der Waals surface area contributed by atoms with Crippen molar-refractivity contribution in [3.63, 3.8) is 0 Å². The first-order chi connectivity index (χ1) is 15.1. The molecule has 8 heteroatoms. The number of anilines is 1. The maximum Gasteiger partial charge on any atom is 0.275 e. The van der Waals surface area contributed by atoms with Gasteiger partial charge in [0.05, 0.1) is 0 Å². The lowest BCUT2D eigenvalue weighted by molar-refractivity contribution is 0.0735. The van der Waals surface area contributed by atoms with E-state index in [1.807, 2.05) is 46.8 Å². The quantitative estimate of drug-likeness (QED) is 0.421. The Morgan fingerprint density at radius 1 is 1.10 bits per heavy atom. The first-order valence-corrected chi connectivity index (χ1v) is 12.5. The third kappa shape index (κ3) is 3.94. The average Bonchev–Trinajstić information content (AvgIpc) is 3.55. The predicted molar refractivity (Wildman–Crippen MR) is 127 cm³/mol. The molecule has 5 rings (SSSR count). The molecule has 1 aromatic carbocycles. The van der Waals surface area contributed by atoms with Crippen LogP contribution in [-0.2, 0) is 13.0 Å². The average molecular weight is 466 g/mol. The summed E-state index contributed by atoms with van der Waals surface area (Å²) in [6.07, 6.45) is 0.893. The Morgan fingerprint density at radius 3 is 2.84 bits per heavy atom. The molecule has 0 saturated carbocycles. The van der Waals surface area contributed by atoms with E-state index in [4.69, 9.17) is 0 Å². The van der Waals surface area contributed by atoms with Gasteiger partial charge in [0.2, 0.25) is 0 Å². The van der Waals surface area contributed by atoms with Crippen LogP contribution < -0.4 is 5.32 Å². The first-order valence-electron chi connectivity index (χ1n) is 9.84. The van der Waals surface area contributed by atoms with Crippen molar-refractivity contribution in [3.8, 4) is 10.6 Å². The molecule has 1 N–H and O–H groups in total. The molecule has 4 aromatic rings. The molecule has 31 heavy (non-hydrogen) atoms. The van der Waals surface area contributed by atoms with Gasteiger partial charge in [-0.05, 0) is 59.5 Å². The van der Waals surface area contributed by atoms with Crippen molar-refractivity contribution in [1.29, 1.82) is 0 Å². The SMILES string of the molecule is Cc1c(NC(=O)c2csc(-c3ccsc3)n2)cccc1C(=O)N1CCc2sccc2C1. The third-order valence-electron chi connectivity index (χ3n) is 5.41. The fraction of sp³-hybridized carbons (Fsp3) is 0.174. The Morgan fingerprint density at radius 2 is 2.00 bits per heavy atom. The van der Waals surface area contributed by atoms with Crippen LogP contribution in [0.15, 0.2) is 51.9 Å². The summed E-state index contributed by atoms with van der Waals surface area (Å²) in [6.45, 7) is 3.23. The minimum atomic E-state index is -0.272. The van der Waals surface area contributed by atoms with Crippen molar-refractivity contribution < 1.29 is 9.59 Å². The lowest BCUT2D eigenvalue weighted by Crippen LogP contribution is -2.35. The molecule has 1 aliphatic heterocycles. The van der Waals surface area contributed by atoms with Crippen LogP contribution in [0.4, 0.5) is 5.69 Å². The summed E-state index contributed by atoms with van der Waals surface area (Å²) >= 11 is 4.80. The van der Waals surface area contributed by atoms with Crippen molar-refractivity contribution in [2.24, 2.45) is 0 Å². The number of thiophene rings is 2. The van der Waals surface area contributed by atoms with Gasteiger partial charge in [-0.1, -0.05) is 6.07 Å². The van der Waals surface area contributed by atoms with Crippen molar-refractivity contribution >= 4 is 51.5 Å². The number of fused-ring (bicyclic) bond motifs is 1. The second-order valence-corrected chi connectivity index (χ2v) is 9.97. The number of carbonyl (C=O) groups excluding carboxylic acids is 2. The van der Waals surface area contributed by atoms with Crippen LogP contribution in [0.25, 0.3) is 10.6 Å². The number of nitrogens with one attached hydrogen (secondary N) is 1. The molecule has 4 heterocycles. The Labute approximate surface area is 192 Å². The van der Waals surface area contributed by atoms with Gasteiger partial charge in [0.1, 0.15) is 10.7 Å². The standard InChI is InChI=1S/C23H19N3O2S3/c1-14-17(23(28)26-8-5-20-15(11-26)7-10-30-20)3-2-4-18(14)24-21(27)19-13-31-22(25-19)16-6-9-29-12-16/h2-4,6-7,9-10,12-13H,5,8,11H2,1H3,(H,24,27). The number of thiazole rings is 1. The van der Waals surface area contributed by atoms with E-state index in [1.165, 1.54) is 21.8 Å². The second-order valence-electron chi connectivity index (χ2n) is 7.33. The fourth-order valence-electron chi connectivity index (χ4n) is 3.68. The summed E-state index contributed by atoms with van der Waals surface area (Å²) in [5.74, 6) is -0.273. The normalized spacial score (nSPS) is 13.1. The largest absolute Gasteiger partial charge is 0.334 e. The molecular weight excluding hydrogens is 446 g/mol.